The number of anilines is 1. The maximum absolute atomic E-state index is 12.3. The lowest BCUT2D eigenvalue weighted by molar-refractivity contribution is 0.184. The molecule has 2 amide bonds. The monoisotopic (exact) mass is 376 g/mol. The minimum Gasteiger partial charge on any atom is -0.322 e. The van der Waals surface area contributed by atoms with Crippen LogP contribution in [0.4, 0.5) is 9.93 Å². The van der Waals surface area contributed by atoms with Crippen molar-refractivity contribution in [2.24, 2.45) is 0 Å². The predicted molar refractivity (Wildman–Crippen MR) is 93.4 cm³/mol. The number of piperazine rings is 1. The molecule has 0 bridgehead atoms. The summed E-state index contributed by atoms with van der Waals surface area (Å²) in [6.45, 7) is 5.42. The molecule has 1 aliphatic heterocycles. The van der Waals surface area contributed by atoms with Crippen molar-refractivity contribution in [3.63, 3.8) is 0 Å². The van der Waals surface area contributed by atoms with E-state index in [1.54, 1.807) is 4.90 Å². The molecule has 0 atom stereocenters. The molecule has 0 saturated carbocycles. The molecule has 9 nitrogen and oxygen atoms in total. The highest BCUT2D eigenvalue weighted by molar-refractivity contribution is 7.87. The lowest BCUT2D eigenvalue weighted by Gasteiger charge is -2.33. The van der Waals surface area contributed by atoms with Gasteiger partial charge in [-0.2, -0.15) is 12.7 Å². The van der Waals surface area contributed by atoms with Gasteiger partial charge in [0, 0.05) is 39.1 Å². The summed E-state index contributed by atoms with van der Waals surface area (Å²) in [7, 11) is -2.06. The number of nitrogens with one attached hydrogen (secondary N) is 2. The van der Waals surface area contributed by atoms with Gasteiger partial charge in [-0.3, -0.25) is 5.32 Å². The van der Waals surface area contributed by atoms with Crippen molar-refractivity contribution in [1.82, 2.24) is 24.1 Å². The van der Waals surface area contributed by atoms with E-state index >= 15 is 0 Å². The van der Waals surface area contributed by atoms with Crippen LogP contribution in [0.2, 0.25) is 0 Å². The summed E-state index contributed by atoms with van der Waals surface area (Å²) < 4.78 is 27.1. The highest BCUT2D eigenvalue weighted by atomic mass is 32.2. The van der Waals surface area contributed by atoms with E-state index in [1.165, 1.54) is 22.7 Å². The van der Waals surface area contributed by atoms with Crippen LogP contribution in [-0.2, 0) is 10.2 Å². The zero-order chi connectivity index (χ0) is 17.7. The first kappa shape index (κ1) is 19.0. The maximum Gasteiger partial charge on any atom is 0.323 e. The van der Waals surface area contributed by atoms with Gasteiger partial charge in [0.25, 0.3) is 10.2 Å². The number of carbonyl (C=O) groups excluding carboxylic acids is 1. The van der Waals surface area contributed by atoms with Crippen molar-refractivity contribution < 1.29 is 13.2 Å². The van der Waals surface area contributed by atoms with Crippen molar-refractivity contribution in [3.8, 4) is 0 Å². The summed E-state index contributed by atoms with van der Waals surface area (Å²) in [4.78, 5) is 13.9. The summed E-state index contributed by atoms with van der Waals surface area (Å²) in [5.74, 6) is 0.364. The van der Waals surface area contributed by atoms with Gasteiger partial charge in [-0.15, -0.1) is 10.2 Å². The number of hydrogen-bond donors (Lipinski definition) is 2. The molecule has 1 aliphatic rings. The van der Waals surface area contributed by atoms with Crippen LogP contribution in [0, 0.1) is 0 Å². The van der Waals surface area contributed by atoms with Gasteiger partial charge in [0.2, 0.25) is 5.13 Å². The Labute approximate surface area is 146 Å². The van der Waals surface area contributed by atoms with E-state index < -0.39 is 10.2 Å². The van der Waals surface area contributed by atoms with E-state index in [0.29, 0.717) is 24.1 Å². The summed E-state index contributed by atoms with van der Waals surface area (Å²) in [5, 5.41) is 12.3. The first-order valence-corrected chi connectivity index (χ1v) is 10.2. The van der Waals surface area contributed by atoms with Crippen LogP contribution in [0.3, 0.4) is 0 Å². The molecule has 0 aliphatic carbocycles. The fraction of sp³-hybridized carbons (Fsp3) is 0.769. The van der Waals surface area contributed by atoms with Gasteiger partial charge in [0.15, 0.2) is 0 Å². The summed E-state index contributed by atoms with van der Waals surface area (Å²) in [6.07, 6.45) is 1.97. The Hall–Kier alpha value is -1.30. The molecule has 11 heteroatoms. The van der Waals surface area contributed by atoms with Crippen molar-refractivity contribution >= 4 is 32.7 Å². The van der Waals surface area contributed by atoms with Crippen LogP contribution < -0.4 is 10.0 Å². The average molecular weight is 377 g/mol. The molecule has 0 aromatic carbocycles. The van der Waals surface area contributed by atoms with Crippen molar-refractivity contribution in [2.45, 2.75) is 32.6 Å². The Balaban J connectivity index is 1.90. The van der Waals surface area contributed by atoms with E-state index in [1.807, 2.05) is 0 Å². The highest BCUT2D eigenvalue weighted by Gasteiger charge is 2.28. The largest absolute Gasteiger partial charge is 0.323 e. The molecule has 1 aromatic heterocycles. The molecule has 1 saturated heterocycles. The Morgan fingerprint density at radius 2 is 1.83 bits per heavy atom. The van der Waals surface area contributed by atoms with E-state index in [2.05, 4.69) is 34.1 Å². The first-order chi connectivity index (χ1) is 11.4. The second-order valence-corrected chi connectivity index (χ2v) is 8.37. The number of carbonyl (C=O) groups is 1. The third-order valence-corrected chi connectivity index (χ3v) is 6.68. The normalized spacial score (nSPS) is 16.6. The Bertz CT molecular complexity index is 650. The van der Waals surface area contributed by atoms with Crippen molar-refractivity contribution in [1.29, 1.82) is 0 Å². The molecule has 0 radical (unpaired) electrons. The lowest BCUT2D eigenvalue weighted by Crippen LogP contribution is -2.53. The molecule has 0 unspecified atom stereocenters. The lowest BCUT2D eigenvalue weighted by atomic mass is 10.1. The number of nitrogens with zero attached hydrogens (tertiary/aromatic N) is 4. The van der Waals surface area contributed by atoms with Crippen molar-refractivity contribution in [2.75, 3.05) is 38.5 Å². The predicted octanol–water partition coefficient (Wildman–Crippen LogP) is 1.06. The number of hydrogen-bond acceptors (Lipinski definition) is 6. The fourth-order valence-electron chi connectivity index (χ4n) is 2.52. The molecule has 2 N–H and O–H groups in total. The van der Waals surface area contributed by atoms with Crippen LogP contribution in [0.25, 0.3) is 0 Å². The van der Waals surface area contributed by atoms with Crippen molar-refractivity contribution in [3.05, 3.63) is 5.01 Å². The van der Waals surface area contributed by atoms with Gasteiger partial charge < -0.3 is 4.90 Å². The SMILES string of the molecule is CCC(CC)c1nnc(NC(=O)N2CCN(S(=O)(=O)NC)CC2)s1. The van der Waals surface area contributed by atoms with Gasteiger partial charge in [-0.25, -0.2) is 9.52 Å². The third kappa shape index (κ3) is 4.41. The van der Waals surface area contributed by atoms with Crippen LogP contribution in [0.5, 0.6) is 0 Å². The standard InChI is InChI=1S/C13H24N6O3S2/c1-4-10(5-2)11-16-17-12(23-11)15-13(20)18-6-8-19(9-7-18)24(21,22)14-3/h10,14H,4-9H2,1-3H3,(H,15,17,20). The van der Waals surface area contributed by atoms with Gasteiger partial charge in [0.1, 0.15) is 5.01 Å². The average Bonchev–Trinajstić information content (AvgIpc) is 3.04. The summed E-state index contributed by atoms with van der Waals surface area (Å²) >= 11 is 1.39. The minimum absolute atomic E-state index is 0.270. The Morgan fingerprint density at radius 3 is 2.38 bits per heavy atom. The smallest absolute Gasteiger partial charge is 0.322 e. The number of amides is 2. The molecule has 136 valence electrons. The molecule has 1 aromatic rings. The van der Waals surface area contributed by atoms with Crippen LogP contribution >= 0.6 is 11.3 Å². The summed E-state index contributed by atoms with van der Waals surface area (Å²) in [5.41, 5.74) is 0. The Kier molecular flexibility index (Phi) is 6.49. The van der Waals surface area contributed by atoms with Gasteiger partial charge in [0.05, 0.1) is 0 Å². The number of rotatable bonds is 6. The van der Waals surface area contributed by atoms with E-state index in [-0.39, 0.29) is 19.1 Å². The van der Waals surface area contributed by atoms with Gasteiger partial charge in [-0.05, 0) is 12.8 Å². The minimum atomic E-state index is -3.44. The highest BCUT2D eigenvalue weighted by Crippen LogP contribution is 2.28. The number of urea groups is 1. The molecule has 0 spiro atoms. The van der Waals surface area contributed by atoms with E-state index in [9.17, 15) is 13.2 Å². The Morgan fingerprint density at radius 1 is 1.21 bits per heavy atom. The van der Waals surface area contributed by atoms with Gasteiger partial charge >= 0.3 is 6.03 Å². The van der Waals surface area contributed by atoms with E-state index in [0.717, 1.165) is 17.8 Å². The molecule has 2 heterocycles. The molecule has 1 fully saturated rings. The fourth-order valence-corrected chi connectivity index (χ4v) is 4.42. The zero-order valence-electron chi connectivity index (χ0n) is 14.2. The maximum atomic E-state index is 12.3. The molecule has 24 heavy (non-hydrogen) atoms. The third-order valence-electron chi connectivity index (χ3n) is 4.11. The summed E-state index contributed by atoms with van der Waals surface area (Å²) in [6, 6.07) is -0.274. The number of aromatic nitrogens is 2. The molecule has 2 rings (SSSR count). The second-order valence-electron chi connectivity index (χ2n) is 5.48. The first-order valence-electron chi connectivity index (χ1n) is 7.99. The molecular formula is C13H24N6O3S2. The second kappa shape index (κ2) is 8.19. The molecular weight excluding hydrogens is 352 g/mol. The topological polar surface area (TPSA) is 108 Å². The zero-order valence-corrected chi connectivity index (χ0v) is 15.8. The van der Waals surface area contributed by atoms with E-state index in [4.69, 9.17) is 0 Å². The quantitative estimate of drug-likeness (QED) is 0.772. The van der Waals surface area contributed by atoms with Crippen LogP contribution in [0.1, 0.15) is 37.6 Å². The van der Waals surface area contributed by atoms with Crippen LogP contribution in [-0.4, -0.2) is 67.1 Å². The van der Waals surface area contributed by atoms with Crippen LogP contribution in [0.15, 0.2) is 0 Å². The van der Waals surface area contributed by atoms with Gasteiger partial charge in [-0.1, -0.05) is 25.2 Å².